The number of ether oxygens (including phenoxy) is 1. The smallest absolute Gasteiger partial charge is 0.278 e. The molecule has 2 heterocycles. The zero-order valence-corrected chi connectivity index (χ0v) is 17.1. The van der Waals surface area contributed by atoms with Crippen LogP contribution in [0.15, 0.2) is 33.6 Å². The van der Waals surface area contributed by atoms with Gasteiger partial charge in [-0.2, -0.15) is 0 Å². The second-order valence-corrected chi connectivity index (χ2v) is 9.10. The van der Waals surface area contributed by atoms with E-state index in [1.54, 1.807) is 19.1 Å². The van der Waals surface area contributed by atoms with Crippen LogP contribution in [-0.2, 0) is 14.8 Å². The summed E-state index contributed by atoms with van der Waals surface area (Å²) < 4.78 is 30.5. The summed E-state index contributed by atoms with van der Waals surface area (Å²) in [4.78, 5) is 21.4. The van der Waals surface area contributed by atoms with Crippen molar-refractivity contribution < 1.29 is 17.9 Å². The third-order valence-corrected chi connectivity index (χ3v) is 6.63. The minimum Gasteiger partial charge on any atom is -0.378 e. The van der Waals surface area contributed by atoms with Crippen molar-refractivity contribution in [2.45, 2.75) is 11.8 Å². The van der Waals surface area contributed by atoms with Gasteiger partial charge in [-0.25, -0.2) is 13.4 Å². The molecule has 2 aromatic rings. The number of hydrogen-bond donors (Lipinski definition) is 2. The number of halogens is 1. The van der Waals surface area contributed by atoms with Crippen LogP contribution < -0.4 is 15.2 Å². The summed E-state index contributed by atoms with van der Waals surface area (Å²) in [6.45, 7) is 4.38. The zero-order chi connectivity index (χ0) is 18.7. The number of carbonyl (C=O) groups is 1. The van der Waals surface area contributed by atoms with Gasteiger partial charge in [-0.15, -0.1) is 4.83 Å². The molecule has 11 heteroatoms. The maximum atomic E-state index is 12.4. The molecule has 0 unspecified atom stereocenters. The Balaban J connectivity index is 1.69. The van der Waals surface area contributed by atoms with E-state index in [4.69, 9.17) is 4.74 Å². The van der Waals surface area contributed by atoms with Crippen LogP contribution in [0, 0.1) is 6.92 Å². The number of hydrazine groups is 1. The quantitative estimate of drug-likeness (QED) is 0.658. The molecule has 0 atom stereocenters. The predicted octanol–water partition coefficient (Wildman–Crippen LogP) is 1.67. The minimum absolute atomic E-state index is 0.0437. The molecule has 0 spiro atoms. The van der Waals surface area contributed by atoms with Crippen molar-refractivity contribution in [1.82, 2.24) is 15.2 Å². The minimum atomic E-state index is -3.87. The van der Waals surface area contributed by atoms with E-state index in [1.165, 1.54) is 23.5 Å². The Morgan fingerprint density at radius 3 is 2.77 bits per heavy atom. The van der Waals surface area contributed by atoms with E-state index in [-0.39, 0.29) is 4.90 Å². The molecule has 0 radical (unpaired) electrons. The number of benzene rings is 1. The molecule has 2 N–H and O–H groups in total. The maximum Gasteiger partial charge on any atom is 0.278 e. The first-order chi connectivity index (χ1) is 12.4. The van der Waals surface area contributed by atoms with Gasteiger partial charge >= 0.3 is 0 Å². The second kappa shape index (κ2) is 8.01. The highest BCUT2D eigenvalue weighted by atomic mass is 79.9. The van der Waals surface area contributed by atoms with Crippen LogP contribution in [-0.4, -0.2) is 45.6 Å². The number of nitrogens with zero attached hydrogens (tertiary/aromatic N) is 2. The first kappa shape index (κ1) is 19.2. The van der Waals surface area contributed by atoms with Gasteiger partial charge < -0.3 is 9.64 Å². The van der Waals surface area contributed by atoms with Crippen molar-refractivity contribution >= 4 is 48.3 Å². The van der Waals surface area contributed by atoms with Gasteiger partial charge in [0, 0.05) is 17.6 Å². The Morgan fingerprint density at radius 1 is 1.35 bits per heavy atom. The van der Waals surface area contributed by atoms with Crippen molar-refractivity contribution in [1.29, 1.82) is 0 Å². The molecule has 3 rings (SSSR count). The fourth-order valence-corrected chi connectivity index (χ4v) is 4.80. The van der Waals surface area contributed by atoms with Gasteiger partial charge in [0.2, 0.25) is 0 Å². The van der Waals surface area contributed by atoms with Crippen molar-refractivity contribution in [2.24, 2.45) is 0 Å². The third kappa shape index (κ3) is 4.41. The third-order valence-electron chi connectivity index (χ3n) is 3.68. The number of amides is 1. The molecule has 1 aromatic heterocycles. The molecule has 140 valence electrons. The lowest BCUT2D eigenvalue weighted by atomic mass is 10.4. The van der Waals surface area contributed by atoms with E-state index in [9.17, 15) is 13.2 Å². The van der Waals surface area contributed by atoms with Gasteiger partial charge in [0.1, 0.15) is 4.88 Å². The number of sulfonamides is 1. The van der Waals surface area contributed by atoms with E-state index < -0.39 is 15.9 Å². The Kier molecular flexibility index (Phi) is 5.92. The molecule has 0 aliphatic carbocycles. The summed E-state index contributed by atoms with van der Waals surface area (Å²) in [7, 11) is -3.87. The van der Waals surface area contributed by atoms with Gasteiger partial charge in [0.05, 0.1) is 23.8 Å². The highest BCUT2D eigenvalue weighted by molar-refractivity contribution is 9.10. The van der Waals surface area contributed by atoms with E-state index in [0.717, 1.165) is 5.13 Å². The zero-order valence-electron chi connectivity index (χ0n) is 13.9. The lowest BCUT2D eigenvalue weighted by Crippen LogP contribution is -2.41. The van der Waals surface area contributed by atoms with Crippen LogP contribution in [0.4, 0.5) is 5.13 Å². The highest BCUT2D eigenvalue weighted by Gasteiger charge is 2.22. The van der Waals surface area contributed by atoms with Gasteiger partial charge in [-0.05, 0) is 25.1 Å². The van der Waals surface area contributed by atoms with Crippen molar-refractivity contribution in [3.05, 3.63) is 39.3 Å². The molecule has 1 aliphatic heterocycles. The predicted molar refractivity (Wildman–Crippen MR) is 102 cm³/mol. The van der Waals surface area contributed by atoms with Crippen LogP contribution in [0.2, 0.25) is 0 Å². The Labute approximate surface area is 163 Å². The molecule has 1 aromatic carbocycles. The number of anilines is 1. The largest absolute Gasteiger partial charge is 0.378 e. The number of rotatable bonds is 5. The highest BCUT2D eigenvalue weighted by Crippen LogP contribution is 2.26. The molecular formula is C15H17BrN4O4S2. The van der Waals surface area contributed by atoms with Crippen LogP contribution in [0.25, 0.3) is 0 Å². The molecule has 1 saturated heterocycles. The van der Waals surface area contributed by atoms with Crippen molar-refractivity contribution in [3.63, 3.8) is 0 Å². The molecule has 1 fully saturated rings. The van der Waals surface area contributed by atoms with E-state index in [0.29, 0.717) is 41.3 Å². The monoisotopic (exact) mass is 460 g/mol. The van der Waals surface area contributed by atoms with Crippen molar-refractivity contribution in [2.75, 3.05) is 31.2 Å². The number of carbonyl (C=O) groups excluding carboxylic acids is 1. The molecule has 1 amide bonds. The fourth-order valence-electron chi connectivity index (χ4n) is 2.35. The van der Waals surface area contributed by atoms with Gasteiger partial charge in [0.25, 0.3) is 15.9 Å². The maximum absolute atomic E-state index is 12.4. The lowest BCUT2D eigenvalue weighted by molar-refractivity contribution is 0.0948. The standard InChI is InChI=1S/C15H17BrN4O4S2/c1-10-13(25-15(17-10)20-5-7-24-8-6-20)14(21)18-19-26(22,23)12-4-2-3-11(16)9-12/h2-4,9,19H,5-8H2,1H3,(H,18,21). The first-order valence-corrected chi connectivity index (χ1v) is 10.8. The molecule has 0 bridgehead atoms. The van der Waals surface area contributed by atoms with E-state index in [1.807, 2.05) is 4.90 Å². The molecule has 8 nitrogen and oxygen atoms in total. The normalized spacial score (nSPS) is 15.1. The fraction of sp³-hybridized carbons (Fsp3) is 0.333. The van der Waals surface area contributed by atoms with Crippen LogP contribution >= 0.6 is 27.3 Å². The number of hydrogen-bond acceptors (Lipinski definition) is 7. The summed E-state index contributed by atoms with van der Waals surface area (Å²) in [5, 5.41) is 0.728. The van der Waals surface area contributed by atoms with Crippen molar-refractivity contribution in [3.8, 4) is 0 Å². The van der Waals surface area contributed by atoms with Gasteiger partial charge in [-0.3, -0.25) is 10.2 Å². The SMILES string of the molecule is Cc1nc(N2CCOCC2)sc1C(=O)NNS(=O)(=O)c1cccc(Br)c1. The molecule has 26 heavy (non-hydrogen) atoms. The summed E-state index contributed by atoms with van der Waals surface area (Å²) in [5.74, 6) is -0.543. The van der Waals surface area contributed by atoms with E-state index in [2.05, 4.69) is 31.2 Å². The Hall–Kier alpha value is -1.53. The average molecular weight is 461 g/mol. The first-order valence-electron chi connectivity index (χ1n) is 7.74. The van der Waals surface area contributed by atoms with Gasteiger partial charge in [0.15, 0.2) is 5.13 Å². The Bertz CT molecular complexity index is 910. The van der Waals surface area contributed by atoms with Crippen LogP contribution in [0.3, 0.4) is 0 Å². The van der Waals surface area contributed by atoms with Gasteiger partial charge in [-0.1, -0.05) is 33.3 Å². The molecular weight excluding hydrogens is 444 g/mol. The average Bonchev–Trinajstić information content (AvgIpc) is 3.02. The number of aromatic nitrogens is 1. The second-order valence-electron chi connectivity index (χ2n) is 5.53. The van der Waals surface area contributed by atoms with E-state index >= 15 is 0 Å². The lowest BCUT2D eigenvalue weighted by Gasteiger charge is -2.25. The summed E-state index contributed by atoms with van der Waals surface area (Å²) in [5.41, 5.74) is 2.80. The number of morpholine rings is 1. The summed E-state index contributed by atoms with van der Waals surface area (Å²) in [6.07, 6.45) is 0. The van der Waals surface area contributed by atoms with Crippen LogP contribution in [0.1, 0.15) is 15.4 Å². The number of thiazole rings is 1. The number of nitrogens with one attached hydrogen (secondary N) is 2. The number of aryl methyl sites for hydroxylation is 1. The molecule has 0 saturated carbocycles. The van der Waals surface area contributed by atoms with Crippen LogP contribution in [0.5, 0.6) is 0 Å². The Morgan fingerprint density at radius 2 is 2.08 bits per heavy atom. The molecule has 1 aliphatic rings. The topological polar surface area (TPSA) is 101 Å². The summed E-state index contributed by atoms with van der Waals surface area (Å²) in [6, 6.07) is 6.20. The summed E-state index contributed by atoms with van der Waals surface area (Å²) >= 11 is 4.45.